The number of anilines is 1. The van der Waals surface area contributed by atoms with Crippen molar-refractivity contribution in [3.63, 3.8) is 0 Å². The molecule has 2 heterocycles. The number of carbonyl (C=O) groups excluding carboxylic acids is 3. The van der Waals surface area contributed by atoms with Crippen molar-refractivity contribution in [2.24, 2.45) is 0 Å². The Morgan fingerprint density at radius 2 is 1.89 bits per heavy atom. The maximum absolute atomic E-state index is 12.4. The summed E-state index contributed by atoms with van der Waals surface area (Å²) in [6.07, 6.45) is 2.37. The fourth-order valence-corrected chi connectivity index (χ4v) is 4.39. The number of aldehydes is 1. The second kappa shape index (κ2) is 6.82. The van der Waals surface area contributed by atoms with Gasteiger partial charge in [-0.3, -0.25) is 19.3 Å². The van der Waals surface area contributed by atoms with Crippen LogP contribution in [0.4, 0.5) is 5.69 Å². The molecule has 0 radical (unpaired) electrons. The Morgan fingerprint density at radius 1 is 1.11 bits per heavy atom. The number of rotatable bonds is 4. The van der Waals surface area contributed by atoms with Crippen molar-refractivity contribution >= 4 is 55.5 Å². The molecule has 9 heteroatoms. The predicted molar refractivity (Wildman–Crippen MR) is 104 cm³/mol. The summed E-state index contributed by atoms with van der Waals surface area (Å²) in [5.74, 6) is -1.18. The Labute approximate surface area is 170 Å². The maximum atomic E-state index is 12.4. The van der Waals surface area contributed by atoms with Crippen LogP contribution in [0.25, 0.3) is 5.69 Å². The number of carbonyl (C=O) groups is 3. The minimum absolute atomic E-state index is 0.0844. The molecular weight excluding hydrogens is 480 g/mol. The third-order valence-electron chi connectivity index (χ3n) is 4.15. The SMILES string of the molecule is O=Cc1ccccc1-n1cc(CN2C(=O)C(=O)c3cc(Br)cc(Br)c32)nn1. The Morgan fingerprint density at radius 3 is 2.67 bits per heavy atom. The highest BCUT2D eigenvalue weighted by atomic mass is 79.9. The van der Waals surface area contributed by atoms with Crippen LogP contribution in [0.15, 0.2) is 51.5 Å². The molecule has 1 aromatic heterocycles. The summed E-state index contributed by atoms with van der Waals surface area (Å²) in [4.78, 5) is 37.3. The average Bonchev–Trinajstić information content (AvgIpc) is 3.21. The van der Waals surface area contributed by atoms with Gasteiger partial charge in [0.15, 0.2) is 6.29 Å². The van der Waals surface area contributed by atoms with E-state index in [0.717, 1.165) is 6.29 Å². The summed E-state index contributed by atoms with van der Waals surface area (Å²) in [6, 6.07) is 10.4. The topological polar surface area (TPSA) is 85.2 Å². The van der Waals surface area contributed by atoms with E-state index in [9.17, 15) is 14.4 Å². The first-order chi connectivity index (χ1) is 13.0. The second-order valence-corrected chi connectivity index (χ2v) is 7.61. The molecule has 0 aliphatic carbocycles. The molecule has 7 nitrogen and oxygen atoms in total. The van der Waals surface area contributed by atoms with E-state index in [1.165, 1.54) is 9.58 Å². The molecule has 0 spiro atoms. The van der Waals surface area contributed by atoms with E-state index >= 15 is 0 Å². The zero-order valence-electron chi connectivity index (χ0n) is 13.6. The molecule has 134 valence electrons. The van der Waals surface area contributed by atoms with Gasteiger partial charge in [-0.05, 0) is 40.2 Å². The lowest BCUT2D eigenvalue weighted by atomic mass is 10.1. The maximum Gasteiger partial charge on any atom is 0.299 e. The first kappa shape index (κ1) is 17.7. The van der Waals surface area contributed by atoms with Gasteiger partial charge in [0.25, 0.3) is 11.7 Å². The Hall–Kier alpha value is -2.65. The van der Waals surface area contributed by atoms with Crippen LogP contribution in [0.1, 0.15) is 26.4 Å². The van der Waals surface area contributed by atoms with Crippen LogP contribution in [0, 0.1) is 0 Å². The summed E-state index contributed by atoms with van der Waals surface area (Å²) >= 11 is 6.74. The lowest BCUT2D eigenvalue weighted by molar-refractivity contribution is -0.114. The predicted octanol–water partition coefficient (Wildman–Crippen LogP) is 3.33. The standard InChI is InChI=1S/C18H10Br2N4O3/c19-11-5-13-16(14(20)6-11)23(18(27)17(13)26)7-12-8-24(22-21-12)15-4-2-1-3-10(15)9-25/h1-6,8-9H,7H2. The van der Waals surface area contributed by atoms with Gasteiger partial charge in [0, 0.05) is 14.5 Å². The van der Waals surface area contributed by atoms with Crippen LogP contribution < -0.4 is 4.90 Å². The van der Waals surface area contributed by atoms with E-state index in [0.29, 0.717) is 37.1 Å². The van der Waals surface area contributed by atoms with Gasteiger partial charge < -0.3 is 0 Å². The molecule has 0 saturated heterocycles. The molecule has 1 aliphatic rings. The quantitative estimate of drug-likeness (QED) is 0.414. The van der Waals surface area contributed by atoms with E-state index in [2.05, 4.69) is 42.2 Å². The zero-order chi connectivity index (χ0) is 19.1. The van der Waals surface area contributed by atoms with E-state index in [1.807, 2.05) is 0 Å². The van der Waals surface area contributed by atoms with Crippen LogP contribution in [-0.2, 0) is 11.3 Å². The first-order valence-corrected chi connectivity index (χ1v) is 9.39. The number of hydrogen-bond donors (Lipinski definition) is 0. The molecule has 0 bridgehead atoms. The molecule has 3 aromatic rings. The Balaban J connectivity index is 1.69. The molecule has 0 saturated carbocycles. The minimum atomic E-state index is -0.619. The van der Waals surface area contributed by atoms with Gasteiger partial charge in [0.05, 0.1) is 29.7 Å². The number of ketones is 1. The number of para-hydroxylation sites is 1. The fourth-order valence-electron chi connectivity index (χ4n) is 2.95. The van der Waals surface area contributed by atoms with Crippen LogP contribution >= 0.6 is 31.9 Å². The molecule has 4 rings (SSSR count). The summed E-state index contributed by atoms with van der Waals surface area (Å²) in [6.45, 7) is 0.0844. The zero-order valence-corrected chi connectivity index (χ0v) is 16.8. The number of amides is 1. The molecule has 0 fully saturated rings. The van der Waals surface area contributed by atoms with E-state index in [4.69, 9.17) is 0 Å². The number of hydrogen-bond acceptors (Lipinski definition) is 5. The molecule has 1 amide bonds. The lowest BCUT2D eigenvalue weighted by Crippen LogP contribution is -2.29. The third kappa shape index (κ3) is 3.02. The number of Topliss-reactive ketones (excluding diaryl/α,β-unsaturated/α-hetero) is 1. The van der Waals surface area contributed by atoms with Crippen LogP contribution in [0.2, 0.25) is 0 Å². The lowest BCUT2D eigenvalue weighted by Gasteiger charge is -2.16. The Kier molecular flexibility index (Phi) is 4.48. The number of aromatic nitrogens is 3. The van der Waals surface area contributed by atoms with Gasteiger partial charge in [-0.2, -0.15) is 0 Å². The minimum Gasteiger partial charge on any atom is -0.298 e. The highest BCUT2D eigenvalue weighted by molar-refractivity contribution is 9.11. The Bertz CT molecular complexity index is 1110. The summed E-state index contributed by atoms with van der Waals surface area (Å²) in [7, 11) is 0. The van der Waals surface area contributed by atoms with Crippen molar-refractivity contribution in [2.75, 3.05) is 4.90 Å². The van der Waals surface area contributed by atoms with E-state index in [1.54, 1.807) is 42.6 Å². The van der Waals surface area contributed by atoms with Crippen LogP contribution in [-0.4, -0.2) is 33.0 Å². The molecular formula is C18H10Br2N4O3. The van der Waals surface area contributed by atoms with E-state index < -0.39 is 11.7 Å². The summed E-state index contributed by atoms with van der Waals surface area (Å²) in [5.41, 5.74) is 2.38. The van der Waals surface area contributed by atoms with Crippen molar-refractivity contribution in [1.82, 2.24) is 15.0 Å². The van der Waals surface area contributed by atoms with Crippen molar-refractivity contribution in [1.29, 1.82) is 0 Å². The third-order valence-corrected chi connectivity index (χ3v) is 5.22. The van der Waals surface area contributed by atoms with Crippen LogP contribution in [0.3, 0.4) is 0 Å². The van der Waals surface area contributed by atoms with Gasteiger partial charge in [0.1, 0.15) is 5.69 Å². The van der Waals surface area contributed by atoms with Gasteiger partial charge in [-0.15, -0.1) is 5.10 Å². The van der Waals surface area contributed by atoms with Crippen molar-refractivity contribution in [3.8, 4) is 5.69 Å². The van der Waals surface area contributed by atoms with Crippen LogP contribution in [0.5, 0.6) is 0 Å². The fraction of sp³-hybridized carbons (Fsp3) is 0.0556. The molecule has 1 aliphatic heterocycles. The smallest absolute Gasteiger partial charge is 0.298 e. The van der Waals surface area contributed by atoms with E-state index in [-0.39, 0.29) is 6.54 Å². The second-order valence-electron chi connectivity index (χ2n) is 5.84. The molecule has 0 N–H and O–H groups in total. The summed E-state index contributed by atoms with van der Waals surface area (Å²) in [5, 5.41) is 8.12. The number of halogens is 2. The van der Waals surface area contributed by atoms with Crippen molar-refractivity contribution in [2.45, 2.75) is 6.54 Å². The monoisotopic (exact) mass is 488 g/mol. The van der Waals surface area contributed by atoms with Gasteiger partial charge in [-0.25, -0.2) is 4.68 Å². The highest BCUT2D eigenvalue weighted by Crippen LogP contribution is 2.39. The van der Waals surface area contributed by atoms with Crippen molar-refractivity contribution < 1.29 is 14.4 Å². The normalized spacial score (nSPS) is 13.2. The largest absolute Gasteiger partial charge is 0.299 e. The van der Waals surface area contributed by atoms with Gasteiger partial charge >= 0.3 is 0 Å². The number of fused-ring (bicyclic) bond motifs is 1. The molecule has 0 unspecified atom stereocenters. The summed E-state index contributed by atoms with van der Waals surface area (Å²) < 4.78 is 2.80. The average molecular weight is 490 g/mol. The highest BCUT2D eigenvalue weighted by Gasteiger charge is 2.38. The van der Waals surface area contributed by atoms with Gasteiger partial charge in [0.2, 0.25) is 0 Å². The first-order valence-electron chi connectivity index (χ1n) is 7.80. The molecule has 2 aromatic carbocycles. The molecule has 0 atom stereocenters. The molecule has 27 heavy (non-hydrogen) atoms. The van der Waals surface area contributed by atoms with Crippen molar-refractivity contribution in [3.05, 3.63) is 68.4 Å². The number of nitrogens with zero attached hydrogens (tertiary/aromatic N) is 4. The van der Waals surface area contributed by atoms with Gasteiger partial charge in [-0.1, -0.05) is 33.3 Å². The number of benzene rings is 2.